The van der Waals surface area contributed by atoms with Crippen molar-refractivity contribution in [1.29, 1.82) is 0 Å². The fourth-order valence-electron chi connectivity index (χ4n) is 2.86. The summed E-state index contributed by atoms with van der Waals surface area (Å²) in [6.07, 6.45) is 2.31. The van der Waals surface area contributed by atoms with Crippen molar-refractivity contribution in [2.24, 2.45) is 0 Å². The van der Waals surface area contributed by atoms with Gasteiger partial charge >= 0.3 is 8.80 Å². The lowest BCUT2D eigenvalue weighted by atomic mass is 10.1. The van der Waals surface area contributed by atoms with Crippen LogP contribution in [0.15, 0.2) is 67.0 Å². The van der Waals surface area contributed by atoms with E-state index in [1.54, 1.807) is 21.3 Å². The predicted octanol–water partition coefficient (Wildman–Crippen LogP) is 3.63. The van der Waals surface area contributed by atoms with Crippen molar-refractivity contribution in [2.75, 3.05) is 21.3 Å². The number of nitrogens with zero attached hydrogens (tertiary/aromatic N) is 2. The smallest absolute Gasteiger partial charge is 0.376 e. The molecule has 5 nitrogen and oxygen atoms in total. The van der Waals surface area contributed by atoms with Crippen molar-refractivity contribution in [3.63, 3.8) is 0 Å². The Morgan fingerprint density at radius 3 is 1.84 bits per heavy atom. The lowest BCUT2D eigenvalue weighted by molar-refractivity contribution is 0.116. The lowest BCUT2D eigenvalue weighted by Crippen LogP contribution is -2.47. The Morgan fingerprint density at radius 1 is 0.800 bits per heavy atom. The molecule has 0 saturated heterocycles. The van der Waals surface area contributed by atoms with Gasteiger partial charge in [0.05, 0.1) is 23.9 Å². The molecule has 6 heteroatoms. The molecule has 25 heavy (non-hydrogen) atoms. The van der Waals surface area contributed by atoms with Gasteiger partial charge in [-0.2, -0.15) is 0 Å². The molecule has 1 heterocycles. The van der Waals surface area contributed by atoms with Crippen LogP contribution in [-0.2, 0) is 19.4 Å². The van der Waals surface area contributed by atoms with Gasteiger partial charge in [-0.25, -0.2) is 4.98 Å². The Hall–Kier alpha value is -2.25. The van der Waals surface area contributed by atoms with Crippen LogP contribution in [0.2, 0.25) is 0 Å². The van der Waals surface area contributed by atoms with Crippen LogP contribution in [-0.4, -0.2) is 39.7 Å². The quantitative estimate of drug-likeness (QED) is 0.608. The molecule has 0 unspecified atom stereocenters. The van der Waals surface area contributed by atoms with Crippen molar-refractivity contribution in [3.05, 3.63) is 67.0 Å². The summed E-state index contributed by atoms with van der Waals surface area (Å²) >= 11 is 0. The summed E-state index contributed by atoms with van der Waals surface area (Å²) in [5.41, 5.74) is 4.11. The van der Waals surface area contributed by atoms with E-state index in [4.69, 9.17) is 13.3 Å². The molecule has 0 atom stereocenters. The third-order valence-corrected chi connectivity index (χ3v) is 6.82. The molecule has 0 N–H and O–H groups in total. The van der Waals surface area contributed by atoms with E-state index in [1.165, 1.54) is 0 Å². The number of imidazole rings is 1. The molecule has 2 aromatic carbocycles. The summed E-state index contributed by atoms with van der Waals surface area (Å²) < 4.78 is 18.8. The maximum absolute atomic E-state index is 5.59. The first kappa shape index (κ1) is 17.6. The first-order chi connectivity index (χ1) is 12.2. The average Bonchev–Trinajstić information content (AvgIpc) is 3.11. The van der Waals surface area contributed by atoms with E-state index < -0.39 is 8.80 Å². The molecule has 1 aromatic heterocycles. The maximum atomic E-state index is 5.59. The van der Waals surface area contributed by atoms with E-state index in [-0.39, 0.29) is 0 Å². The summed E-state index contributed by atoms with van der Waals surface area (Å²) in [5.74, 6) is 0. The highest BCUT2D eigenvalue weighted by Crippen LogP contribution is 2.32. The van der Waals surface area contributed by atoms with Gasteiger partial charge in [-0.1, -0.05) is 60.7 Å². The average molecular weight is 354 g/mol. The number of hydrogen-bond acceptors (Lipinski definition) is 4. The summed E-state index contributed by atoms with van der Waals surface area (Å²) in [6, 6.07) is 20.4. The highest BCUT2D eigenvalue weighted by Gasteiger charge is 2.39. The molecule has 0 aliphatic carbocycles. The molecule has 0 radical (unpaired) electrons. The Morgan fingerprint density at radius 2 is 1.32 bits per heavy atom. The zero-order valence-electron chi connectivity index (χ0n) is 14.7. The summed E-state index contributed by atoms with van der Waals surface area (Å²) in [7, 11) is 2.08. The van der Waals surface area contributed by atoms with E-state index >= 15 is 0 Å². The van der Waals surface area contributed by atoms with Crippen molar-refractivity contribution >= 4 is 8.80 Å². The molecule has 130 valence electrons. The van der Waals surface area contributed by atoms with Crippen LogP contribution in [0.1, 0.15) is 0 Å². The van der Waals surface area contributed by atoms with E-state index in [9.17, 15) is 0 Å². The number of benzene rings is 2. The standard InChI is InChI=1S/C19H22N2O3Si/c1-22-25(23-2,24-3)15-21-14-20-18(16-10-6-4-7-11-16)19(21)17-12-8-5-9-13-17/h4-14H,15H2,1-3H3. The van der Waals surface area contributed by atoms with Gasteiger partial charge in [-0.15, -0.1) is 0 Å². The summed E-state index contributed by atoms with van der Waals surface area (Å²) in [5, 5.41) is 0. The Bertz CT molecular complexity index is 794. The lowest BCUT2D eigenvalue weighted by Gasteiger charge is -2.25. The Kier molecular flexibility index (Phi) is 5.45. The number of aromatic nitrogens is 2. The van der Waals surface area contributed by atoms with Crippen LogP contribution < -0.4 is 0 Å². The molecule has 0 bridgehead atoms. The highest BCUT2D eigenvalue weighted by molar-refractivity contribution is 6.59. The van der Waals surface area contributed by atoms with Crippen molar-refractivity contribution in [3.8, 4) is 22.5 Å². The van der Waals surface area contributed by atoms with Crippen LogP contribution in [0.4, 0.5) is 0 Å². The van der Waals surface area contributed by atoms with Gasteiger partial charge in [-0.05, 0) is 0 Å². The third-order valence-electron chi connectivity index (χ3n) is 4.23. The first-order valence-corrected chi connectivity index (χ1v) is 9.97. The van der Waals surface area contributed by atoms with Gasteiger partial charge in [0.1, 0.15) is 0 Å². The van der Waals surface area contributed by atoms with Crippen LogP contribution in [0.25, 0.3) is 22.5 Å². The van der Waals surface area contributed by atoms with Gasteiger partial charge in [-0.3, -0.25) is 0 Å². The fourth-order valence-corrected chi connectivity index (χ4v) is 4.40. The van der Waals surface area contributed by atoms with Crippen LogP contribution >= 0.6 is 0 Å². The number of rotatable bonds is 7. The van der Waals surface area contributed by atoms with Gasteiger partial charge < -0.3 is 17.8 Å². The third kappa shape index (κ3) is 3.57. The second-order valence-electron chi connectivity index (χ2n) is 5.60. The second-order valence-corrected chi connectivity index (χ2v) is 8.50. The van der Waals surface area contributed by atoms with Crippen molar-refractivity contribution in [1.82, 2.24) is 9.55 Å². The minimum Gasteiger partial charge on any atom is -0.376 e. The molecular weight excluding hydrogens is 332 g/mol. The Balaban J connectivity index is 2.12. The van der Waals surface area contributed by atoms with Crippen LogP contribution in [0.3, 0.4) is 0 Å². The number of hydrogen-bond donors (Lipinski definition) is 0. The van der Waals surface area contributed by atoms with Crippen LogP contribution in [0.5, 0.6) is 0 Å². The van der Waals surface area contributed by atoms with Crippen molar-refractivity contribution in [2.45, 2.75) is 6.17 Å². The normalized spacial score (nSPS) is 11.6. The minimum absolute atomic E-state index is 0.487. The Labute approximate surface area is 149 Å². The summed E-state index contributed by atoms with van der Waals surface area (Å²) in [4.78, 5) is 4.67. The first-order valence-electron chi connectivity index (χ1n) is 8.04. The molecule has 0 spiro atoms. The highest BCUT2D eigenvalue weighted by atomic mass is 28.4. The van der Waals surface area contributed by atoms with Gasteiger partial charge in [0.25, 0.3) is 0 Å². The monoisotopic (exact) mass is 354 g/mol. The zero-order valence-corrected chi connectivity index (χ0v) is 15.7. The van der Waals surface area contributed by atoms with E-state index in [1.807, 2.05) is 42.7 Å². The minimum atomic E-state index is -2.79. The van der Waals surface area contributed by atoms with Crippen molar-refractivity contribution < 1.29 is 13.3 Å². The second kappa shape index (κ2) is 7.75. The maximum Gasteiger partial charge on any atom is 0.521 e. The molecule has 0 saturated carbocycles. The van der Waals surface area contributed by atoms with E-state index in [2.05, 4.69) is 33.8 Å². The molecule has 3 rings (SSSR count). The molecule has 0 aliphatic heterocycles. The van der Waals surface area contributed by atoms with Gasteiger partial charge in [0, 0.05) is 32.5 Å². The topological polar surface area (TPSA) is 45.5 Å². The zero-order chi connectivity index (χ0) is 17.7. The molecule has 0 fully saturated rings. The van der Waals surface area contributed by atoms with E-state index in [0.717, 1.165) is 22.5 Å². The fraction of sp³-hybridized carbons (Fsp3) is 0.211. The van der Waals surface area contributed by atoms with Crippen LogP contribution in [0, 0.1) is 0 Å². The largest absolute Gasteiger partial charge is 0.521 e. The van der Waals surface area contributed by atoms with E-state index in [0.29, 0.717) is 6.17 Å². The molecular formula is C19H22N2O3Si. The molecule has 0 amide bonds. The molecule has 3 aromatic rings. The molecule has 0 aliphatic rings. The SMILES string of the molecule is CO[Si](Cn1cnc(-c2ccccc2)c1-c1ccccc1)(OC)OC. The summed E-state index contributed by atoms with van der Waals surface area (Å²) in [6.45, 7) is 0. The predicted molar refractivity (Wildman–Crippen MR) is 99.9 cm³/mol. The van der Waals surface area contributed by atoms with Gasteiger partial charge in [0.2, 0.25) is 0 Å². The van der Waals surface area contributed by atoms with Gasteiger partial charge in [0.15, 0.2) is 0 Å².